The number of aryl methyl sites for hydroxylation is 1. The highest BCUT2D eigenvalue weighted by Crippen LogP contribution is 2.31. The van der Waals surface area contributed by atoms with Crippen molar-refractivity contribution in [1.82, 2.24) is 4.98 Å². The fourth-order valence-electron chi connectivity index (χ4n) is 1.79. The van der Waals surface area contributed by atoms with Crippen LogP contribution in [0, 0.1) is 6.92 Å². The number of halogens is 1. The molecule has 2 rings (SSSR count). The minimum absolute atomic E-state index is 0.553. The third-order valence-electron chi connectivity index (χ3n) is 2.70. The van der Waals surface area contributed by atoms with Gasteiger partial charge < -0.3 is 9.84 Å². The zero-order chi connectivity index (χ0) is 13.1. The van der Waals surface area contributed by atoms with Gasteiger partial charge in [0, 0.05) is 16.8 Å². The van der Waals surface area contributed by atoms with Gasteiger partial charge in [-0.2, -0.15) is 0 Å². The lowest BCUT2D eigenvalue weighted by molar-refractivity contribution is 0.210. The number of rotatable bonds is 3. The summed E-state index contributed by atoms with van der Waals surface area (Å²) in [5.74, 6) is 0.593. The van der Waals surface area contributed by atoms with Gasteiger partial charge in [0.2, 0.25) is 0 Å². The highest BCUT2D eigenvalue weighted by molar-refractivity contribution is 6.30. The molecule has 1 aromatic heterocycles. The van der Waals surface area contributed by atoms with E-state index in [-0.39, 0.29) is 0 Å². The van der Waals surface area contributed by atoms with E-state index in [1.807, 2.05) is 19.1 Å². The summed E-state index contributed by atoms with van der Waals surface area (Å²) in [7, 11) is 1.56. The van der Waals surface area contributed by atoms with Crippen LogP contribution in [0.2, 0.25) is 5.02 Å². The summed E-state index contributed by atoms with van der Waals surface area (Å²) in [5.41, 5.74) is 2.23. The molecule has 1 aromatic carbocycles. The number of pyridine rings is 1. The highest BCUT2D eigenvalue weighted by Gasteiger charge is 2.17. The van der Waals surface area contributed by atoms with E-state index in [1.165, 1.54) is 0 Å². The molecule has 0 spiro atoms. The van der Waals surface area contributed by atoms with Crippen LogP contribution < -0.4 is 4.74 Å². The SMILES string of the molecule is COc1ccc(Cl)cc1C(O)c1cc(C)ccn1. The van der Waals surface area contributed by atoms with E-state index in [2.05, 4.69) is 4.98 Å². The molecular weight excluding hydrogens is 250 g/mol. The van der Waals surface area contributed by atoms with E-state index in [0.29, 0.717) is 22.0 Å². The predicted molar refractivity (Wildman–Crippen MR) is 71.0 cm³/mol. The number of hydrogen-bond acceptors (Lipinski definition) is 3. The molecule has 1 N–H and O–H groups in total. The van der Waals surface area contributed by atoms with Crippen molar-refractivity contribution in [1.29, 1.82) is 0 Å². The van der Waals surface area contributed by atoms with E-state index in [9.17, 15) is 5.11 Å². The topological polar surface area (TPSA) is 42.4 Å². The number of methoxy groups -OCH3 is 1. The van der Waals surface area contributed by atoms with E-state index in [0.717, 1.165) is 5.56 Å². The molecule has 1 heterocycles. The first-order chi connectivity index (χ1) is 8.61. The van der Waals surface area contributed by atoms with Crippen molar-refractivity contribution in [3.63, 3.8) is 0 Å². The van der Waals surface area contributed by atoms with Crippen LogP contribution in [0.25, 0.3) is 0 Å². The fraction of sp³-hybridized carbons (Fsp3) is 0.214. The summed E-state index contributed by atoms with van der Waals surface area (Å²) in [6, 6.07) is 8.86. The third kappa shape index (κ3) is 2.63. The summed E-state index contributed by atoms with van der Waals surface area (Å²) in [6.07, 6.45) is 0.823. The molecule has 94 valence electrons. The molecule has 1 atom stereocenters. The Kier molecular flexibility index (Phi) is 3.84. The second-order valence-electron chi connectivity index (χ2n) is 4.05. The van der Waals surface area contributed by atoms with Crippen LogP contribution in [-0.4, -0.2) is 17.2 Å². The van der Waals surface area contributed by atoms with E-state index >= 15 is 0 Å². The van der Waals surface area contributed by atoms with Gasteiger partial charge in [0.15, 0.2) is 0 Å². The highest BCUT2D eigenvalue weighted by atomic mass is 35.5. The quantitative estimate of drug-likeness (QED) is 0.925. The zero-order valence-corrected chi connectivity index (χ0v) is 11.0. The number of nitrogens with zero attached hydrogens (tertiary/aromatic N) is 1. The standard InChI is InChI=1S/C14H14ClNO2/c1-9-5-6-16-12(7-9)14(17)11-8-10(15)3-4-13(11)18-2/h3-8,14,17H,1-2H3. The van der Waals surface area contributed by atoms with E-state index in [4.69, 9.17) is 16.3 Å². The number of benzene rings is 1. The van der Waals surface area contributed by atoms with Gasteiger partial charge in [-0.25, -0.2) is 0 Å². The van der Waals surface area contributed by atoms with Crippen molar-refractivity contribution in [2.45, 2.75) is 13.0 Å². The van der Waals surface area contributed by atoms with E-state index < -0.39 is 6.10 Å². The summed E-state index contributed by atoms with van der Waals surface area (Å²) in [6.45, 7) is 1.95. The molecule has 1 unspecified atom stereocenters. The molecule has 0 aliphatic carbocycles. The maximum atomic E-state index is 10.4. The van der Waals surface area contributed by atoms with Crippen LogP contribution in [0.5, 0.6) is 5.75 Å². The Hall–Kier alpha value is -1.58. The number of hydrogen-bond donors (Lipinski definition) is 1. The van der Waals surface area contributed by atoms with Crippen molar-refractivity contribution in [2.24, 2.45) is 0 Å². The first kappa shape index (κ1) is 12.9. The molecule has 0 aliphatic heterocycles. The number of aliphatic hydroxyl groups is 1. The summed E-state index contributed by atoms with van der Waals surface area (Å²) in [4.78, 5) is 4.17. The molecule has 0 bridgehead atoms. The molecule has 4 heteroatoms. The minimum Gasteiger partial charge on any atom is -0.496 e. The Balaban J connectivity index is 2.44. The van der Waals surface area contributed by atoms with Gasteiger partial charge in [-0.1, -0.05) is 11.6 Å². The Morgan fingerprint density at radius 2 is 2.06 bits per heavy atom. The van der Waals surface area contributed by atoms with Crippen molar-refractivity contribution in [3.05, 3.63) is 58.4 Å². The van der Waals surface area contributed by atoms with Gasteiger partial charge in [-0.3, -0.25) is 4.98 Å². The molecule has 0 saturated carbocycles. The second kappa shape index (κ2) is 5.38. The van der Waals surface area contributed by atoms with Crippen LogP contribution >= 0.6 is 11.6 Å². The summed E-state index contributed by atoms with van der Waals surface area (Å²) in [5, 5.41) is 10.9. The van der Waals surface area contributed by atoms with Crippen molar-refractivity contribution < 1.29 is 9.84 Å². The predicted octanol–water partition coefficient (Wildman–Crippen LogP) is 3.13. The zero-order valence-electron chi connectivity index (χ0n) is 10.2. The minimum atomic E-state index is -0.849. The van der Waals surface area contributed by atoms with Gasteiger partial charge >= 0.3 is 0 Å². The smallest absolute Gasteiger partial charge is 0.125 e. The first-order valence-corrected chi connectivity index (χ1v) is 5.93. The van der Waals surface area contributed by atoms with Gasteiger partial charge in [0.1, 0.15) is 11.9 Å². The van der Waals surface area contributed by atoms with Crippen LogP contribution in [-0.2, 0) is 0 Å². The Labute approximate surface area is 111 Å². The largest absolute Gasteiger partial charge is 0.496 e. The Bertz CT molecular complexity index is 557. The lowest BCUT2D eigenvalue weighted by Crippen LogP contribution is -2.04. The molecule has 2 aromatic rings. The fourth-order valence-corrected chi connectivity index (χ4v) is 1.97. The van der Waals surface area contributed by atoms with Crippen molar-refractivity contribution >= 4 is 11.6 Å². The van der Waals surface area contributed by atoms with Crippen molar-refractivity contribution in [3.8, 4) is 5.75 Å². The maximum absolute atomic E-state index is 10.4. The second-order valence-corrected chi connectivity index (χ2v) is 4.48. The molecule has 0 radical (unpaired) electrons. The van der Waals surface area contributed by atoms with Gasteiger partial charge in [0.05, 0.1) is 12.8 Å². The average Bonchev–Trinajstić information content (AvgIpc) is 2.38. The number of aliphatic hydroxyl groups excluding tert-OH is 1. The normalized spacial score (nSPS) is 12.2. The molecule has 0 aliphatic rings. The van der Waals surface area contributed by atoms with Crippen molar-refractivity contribution in [2.75, 3.05) is 7.11 Å². The van der Waals surface area contributed by atoms with E-state index in [1.54, 1.807) is 31.5 Å². The van der Waals surface area contributed by atoms with Crippen LogP contribution in [0.4, 0.5) is 0 Å². The molecular formula is C14H14ClNO2. The summed E-state index contributed by atoms with van der Waals surface area (Å²) < 4.78 is 5.23. The number of ether oxygens (including phenoxy) is 1. The Morgan fingerprint density at radius 1 is 1.28 bits per heavy atom. The molecule has 0 saturated heterocycles. The van der Waals surface area contributed by atoms with Crippen LogP contribution in [0.3, 0.4) is 0 Å². The molecule has 0 amide bonds. The molecule has 18 heavy (non-hydrogen) atoms. The van der Waals surface area contributed by atoms with Gasteiger partial charge in [-0.15, -0.1) is 0 Å². The third-order valence-corrected chi connectivity index (χ3v) is 2.94. The monoisotopic (exact) mass is 263 g/mol. The maximum Gasteiger partial charge on any atom is 0.125 e. The first-order valence-electron chi connectivity index (χ1n) is 5.56. The van der Waals surface area contributed by atoms with Gasteiger partial charge in [-0.05, 0) is 42.8 Å². The lowest BCUT2D eigenvalue weighted by Gasteiger charge is -2.15. The van der Waals surface area contributed by atoms with Gasteiger partial charge in [0.25, 0.3) is 0 Å². The lowest BCUT2D eigenvalue weighted by atomic mass is 10.0. The van der Waals surface area contributed by atoms with Crippen LogP contribution in [0.15, 0.2) is 36.5 Å². The number of aromatic nitrogens is 1. The average molecular weight is 264 g/mol. The Morgan fingerprint density at radius 3 is 2.72 bits per heavy atom. The van der Waals surface area contributed by atoms with Crippen LogP contribution in [0.1, 0.15) is 22.9 Å². The molecule has 3 nitrogen and oxygen atoms in total. The summed E-state index contributed by atoms with van der Waals surface area (Å²) >= 11 is 5.95. The molecule has 0 fully saturated rings.